The largest absolute Gasteiger partial charge is 0.465 e. The second kappa shape index (κ2) is 6.07. The molecule has 1 atom stereocenters. The Morgan fingerprint density at radius 2 is 2.44 bits per heavy atom. The van der Waals surface area contributed by atoms with E-state index in [0.717, 1.165) is 6.42 Å². The summed E-state index contributed by atoms with van der Waals surface area (Å²) in [6, 6.07) is 3.34. The smallest absolute Gasteiger partial charge is 0.338 e. The lowest BCUT2D eigenvalue weighted by Crippen LogP contribution is -2.28. The lowest BCUT2D eigenvalue weighted by atomic mass is 10.2. The highest BCUT2D eigenvalue weighted by molar-refractivity contribution is 5.89. The third-order valence-electron chi connectivity index (χ3n) is 2.25. The molecule has 1 rings (SSSR count). The Morgan fingerprint density at radius 3 is 3.06 bits per heavy atom. The number of hydrogen-bond acceptors (Lipinski definition) is 5. The summed E-state index contributed by atoms with van der Waals surface area (Å²) >= 11 is 0. The Balaban J connectivity index is 2.64. The van der Waals surface area contributed by atoms with Gasteiger partial charge in [0.1, 0.15) is 5.82 Å². The van der Waals surface area contributed by atoms with E-state index < -0.39 is 0 Å². The summed E-state index contributed by atoms with van der Waals surface area (Å²) in [4.78, 5) is 15.3. The van der Waals surface area contributed by atoms with Crippen LogP contribution in [0, 0.1) is 0 Å². The quantitative estimate of drug-likeness (QED) is 0.729. The van der Waals surface area contributed by atoms with Crippen LogP contribution in [-0.2, 0) is 4.74 Å². The molecule has 0 aliphatic rings. The Hall–Kier alpha value is -1.62. The van der Waals surface area contributed by atoms with Crippen molar-refractivity contribution in [2.75, 3.05) is 19.0 Å². The predicted molar refractivity (Wildman–Crippen MR) is 62.3 cm³/mol. The first-order valence-corrected chi connectivity index (χ1v) is 5.21. The summed E-state index contributed by atoms with van der Waals surface area (Å²) in [5.74, 6) is 0.261. The highest BCUT2D eigenvalue weighted by Crippen LogP contribution is 2.07. The first-order valence-electron chi connectivity index (χ1n) is 5.21. The summed E-state index contributed by atoms with van der Waals surface area (Å²) in [6.07, 6.45) is 2.45. The van der Waals surface area contributed by atoms with Crippen molar-refractivity contribution in [3.05, 3.63) is 23.9 Å². The fraction of sp³-hybridized carbons (Fsp3) is 0.455. The molecule has 1 aromatic heterocycles. The van der Waals surface area contributed by atoms with Crippen molar-refractivity contribution in [1.29, 1.82) is 0 Å². The molecule has 0 amide bonds. The number of anilines is 1. The molecule has 88 valence electrons. The van der Waals surface area contributed by atoms with Gasteiger partial charge in [-0.25, -0.2) is 9.78 Å². The zero-order valence-electron chi connectivity index (χ0n) is 9.56. The number of nitrogens with two attached hydrogens (primary N) is 1. The lowest BCUT2D eigenvalue weighted by molar-refractivity contribution is 0.0600. The number of aromatic nitrogens is 1. The summed E-state index contributed by atoms with van der Waals surface area (Å²) in [7, 11) is 1.35. The van der Waals surface area contributed by atoms with E-state index in [4.69, 9.17) is 5.73 Å². The highest BCUT2D eigenvalue weighted by Gasteiger charge is 2.06. The number of pyridine rings is 1. The first kappa shape index (κ1) is 12.4. The van der Waals surface area contributed by atoms with Gasteiger partial charge < -0.3 is 15.8 Å². The van der Waals surface area contributed by atoms with E-state index in [1.807, 2.05) is 6.92 Å². The molecule has 1 heterocycles. The van der Waals surface area contributed by atoms with Crippen molar-refractivity contribution in [3.8, 4) is 0 Å². The second-order valence-corrected chi connectivity index (χ2v) is 3.47. The average molecular weight is 223 g/mol. The minimum absolute atomic E-state index is 0.0867. The van der Waals surface area contributed by atoms with Gasteiger partial charge in [-0.3, -0.25) is 0 Å². The van der Waals surface area contributed by atoms with E-state index in [1.165, 1.54) is 7.11 Å². The highest BCUT2D eigenvalue weighted by atomic mass is 16.5. The minimum Gasteiger partial charge on any atom is -0.465 e. The van der Waals surface area contributed by atoms with Gasteiger partial charge in [-0.2, -0.15) is 0 Å². The molecule has 5 nitrogen and oxygen atoms in total. The number of carbonyl (C=O) groups is 1. The second-order valence-electron chi connectivity index (χ2n) is 3.47. The SMILES string of the molecule is CCC(N)CNc1cc(C(=O)OC)ccn1. The molecule has 0 bridgehead atoms. The van der Waals surface area contributed by atoms with Crippen LogP contribution in [0.1, 0.15) is 23.7 Å². The normalized spacial score (nSPS) is 11.9. The Labute approximate surface area is 95.0 Å². The minimum atomic E-state index is -0.370. The third kappa shape index (κ3) is 3.51. The molecule has 1 unspecified atom stereocenters. The monoisotopic (exact) mass is 223 g/mol. The number of nitrogens with one attached hydrogen (secondary N) is 1. The number of carbonyl (C=O) groups excluding carboxylic acids is 1. The zero-order valence-corrected chi connectivity index (χ0v) is 9.56. The summed E-state index contributed by atoms with van der Waals surface area (Å²) < 4.78 is 4.62. The van der Waals surface area contributed by atoms with Gasteiger partial charge in [0.15, 0.2) is 0 Å². The fourth-order valence-corrected chi connectivity index (χ4v) is 1.15. The number of rotatable bonds is 5. The van der Waals surface area contributed by atoms with Crippen LogP contribution in [0.25, 0.3) is 0 Å². The van der Waals surface area contributed by atoms with Gasteiger partial charge in [0.25, 0.3) is 0 Å². The molecule has 0 saturated carbocycles. The number of hydrogen-bond donors (Lipinski definition) is 2. The van der Waals surface area contributed by atoms with Gasteiger partial charge >= 0.3 is 5.97 Å². The molecule has 16 heavy (non-hydrogen) atoms. The Morgan fingerprint density at radius 1 is 1.69 bits per heavy atom. The van der Waals surface area contributed by atoms with Gasteiger partial charge in [-0.05, 0) is 18.6 Å². The van der Waals surface area contributed by atoms with Crippen molar-refractivity contribution in [1.82, 2.24) is 4.98 Å². The fourth-order valence-electron chi connectivity index (χ4n) is 1.15. The van der Waals surface area contributed by atoms with Crippen LogP contribution in [0.5, 0.6) is 0 Å². The van der Waals surface area contributed by atoms with Crippen LogP contribution in [0.15, 0.2) is 18.3 Å². The van der Waals surface area contributed by atoms with Crippen LogP contribution < -0.4 is 11.1 Å². The van der Waals surface area contributed by atoms with Crippen LogP contribution in [0.3, 0.4) is 0 Å². The first-order chi connectivity index (χ1) is 7.67. The van der Waals surface area contributed by atoms with Crippen LogP contribution in [0.4, 0.5) is 5.82 Å². The molecular weight excluding hydrogens is 206 g/mol. The summed E-state index contributed by atoms with van der Waals surface area (Å²) in [5, 5.41) is 3.07. The van der Waals surface area contributed by atoms with Crippen LogP contribution in [-0.4, -0.2) is 30.6 Å². The van der Waals surface area contributed by atoms with E-state index >= 15 is 0 Å². The molecule has 0 spiro atoms. The van der Waals surface area contributed by atoms with Crippen molar-refractivity contribution in [2.45, 2.75) is 19.4 Å². The topological polar surface area (TPSA) is 77.2 Å². The standard InChI is InChI=1S/C11H17N3O2/c1-3-9(12)7-14-10-6-8(4-5-13-10)11(15)16-2/h4-6,9H,3,7,12H2,1-2H3,(H,13,14). The van der Waals surface area contributed by atoms with E-state index in [2.05, 4.69) is 15.0 Å². The Kier molecular flexibility index (Phi) is 4.72. The molecular formula is C11H17N3O2. The molecule has 0 aromatic carbocycles. The molecule has 0 aliphatic carbocycles. The maximum absolute atomic E-state index is 11.3. The van der Waals surface area contributed by atoms with Crippen molar-refractivity contribution in [2.24, 2.45) is 5.73 Å². The molecule has 0 aliphatic heterocycles. The van der Waals surface area contributed by atoms with Crippen molar-refractivity contribution < 1.29 is 9.53 Å². The molecule has 1 aromatic rings. The summed E-state index contributed by atoms with van der Waals surface area (Å²) in [6.45, 7) is 2.65. The number of methoxy groups -OCH3 is 1. The van der Waals surface area contributed by atoms with E-state index in [1.54, 1.807) is 18.3 Å². The molecule has 5 heteroatoms. The van der Waals surface area contributed by atoms with Crippen LogP contribution in [0.2, 0.25) is 0 Å². The van der Waals surface area contributed by atoms with E-state index in [-0.39, 0.29) is 12.0 Å². The maximum atomic E-state index is 11.3. The molecule has 0 radical (unpaired) electrons. The van der Waals surface area contributed by atoms with Gasteiger partial charge in [-0.1, -0.05) is 6.92 Å². The third-order valence-corrected chi connectivity index (χ3v) is 2.25. The van der Waals surface area contributed by atoms with Crippen molar-refractivity contribution in [3.63, 3.8) is 0 Å². The zero-order chi connectivity index (χ0) is 12.0. The average Bonchev–Trinajstić information content (AvgIpc) is 2.35. The molecule has 3 N–H and O–H groups in total. The van der Waals surface area contributed by atoms with E-state index in [9.17, 15) is 4.79 Å². The summed E-state index contributed by atoms with van der Waals surface area (Å²) in [5.41, 5.74) is 6.24. The van der Waals surface area contributed by atoms with Crippen molar-refractivity contribution >= 4 is 11.8 Å². The van der Waals surface area contributed by atoms with Gasteiger partial charge in [-0.15, -0.1) is 0 Å². The number of ether oxygens (including phenoxy) is 1. The predicted octanol–water partition coefficient (Wildman–Crippen LogP) is 1.02. The lowest BCUT2D eigenvalue weighted by Gasteiger charge is -2.11. The van der Waals surface area contributed by atoms with E-state index in [0.29, 0.717) is 17.9 Å². The molecule has 0 saturated heterocycles. The van der Waals surface area contributed by atoms with Gasteiger partial charge in [0.05, 0.1) is 12.7 Å². The molecule has 0 fully saturated rings. The maximum Gasteiger partial charge on any atom is 0.338 e. The number of esters is 1. The van der Waals surface area contributed by atoms with Gasteiger partial charge in [0, 0.05) is 18.8 Å². The number of nitrogens with zero attached hydrogens (tertiary/aromatic N) is 1. The Bertz CT molecular complexity index is 355. The van der Waals surface area contributed by atoms with Crippen LogP contribution >= 0.6 is 0 Å². The van der Waals surface area contributed by atoms with Gasteiger partial charge in [0.2, 0.25) is 0 Å².